The minimum Gasteiger partial charge on any atom is -0.394 e. The quantitative estimate of drug-likeness (QED) is 0.600. The zero-order chi connectivity index (χ0) is 12.0. The summed E-state index contributed by atoms with van der Waals surface area (Å²) in [4.78, 5) is 11.3. The fourth-order valence-corrected chi connectivity index (χ4v) is 1.09. The molecular weight excluding hydrogens is 208 g/mol. The highest BCUT2D eigenvalue weighted by atomic mass is 16.3. The van der Waals surface area contributed by atoms with Crippen LogP contribution in [0.4, 0.5) is 10.5 Å². The summed E-state index contributed by atoms with van der Waals surface area (Å²) in [6.45, 7) is 1.61. The normalized spacial score (nSPS) is 11.9. The van der Waals surface area contributed by atoms with Crippen LogP contribution in [0.5, 0.6) is 0 Å². The largest absolute Gasteiger partial charge is 0.394 e. The van der Waals surface area contributed by atoms with Crippen molar-refractivity contribution >= 4 is 11.7 Å². The highest BCUT2D eigenvalue weighted by Gasteiger charge is 2.05. The summed E-state index contributed by atoms with van der Waals surface area (Å²) in [6, 6.07) is 6.95. The molecule has 0 saturated carbocycles. The van der Waals surface area contributed by atoms with E-state index in [1.165, 1.54) is 0 Å². The van der Waals surface area contributed by atoms with E-state index >= 15 is 0 Å². The van der Waals surface area contributed by atoms with Gasteiger partial charge in [0.15, 0.2) is 0 Å². The number of hydrogen-bond acceptors (Lipinski definition) is 3. The maximum Gasteiger partial charge on any atom is 0.319 e. The zero-order valence-electron chi connectivity index (χ0n) is 9.10. The highest BCUT2D eigenvalue weighted by molar-refractivity contribution is 5.89. The van der Waals surface area contributed by atoms with Gasteiger partial charge in [0, 0.05) is 12.2 Å². The van der Waals surface area contributed by atoms with Gasteiger partial charge in [-0.2, -0.15) is 0 Å². The van der Waals surface area contributed by atoms with Crippen molar-refractivity contribution < 1.29 is 15.0 Å². The third-order valence-corrected chi connectivity index (χ3v) is 2.02. The number of urea groups is 1. The summed E-state index contributed by atoms with van der Waals surface area (Å²) in [6.07, 6.45) is -0.927. The van der Waals surface area contributed by atoms with E-state index in [9.17, 15) is 4.79 Å². The lowest BCUT2D eigenvalue weighted by Crippen LogP contribution is -2.36. The number of nitrogens with one attached hydrogen (secondary N) is 2. The van der Waals surface area contributed by atoms with Crippen molar-refractivity contribution in [1.82, 2.24) is 5.32 Å². The van der Waals surface area contributed by atoms with Crippen molar-refractivity contribution in [3.05, 3.63) is 29.8 Å². The highest BCUT2D eigenvalue weighted by Crippen LogP contribution is 2.07. The number of amides is 2. The molecule has 4 N–H and O–H groups in total. The van der Waals surface area contributed by atoms with Gasteiger partial charge in [0.1, 0.15) is 0 Å². The van der Waals surface area contributed by atoms with E-state index in [0.717, 1.165) is 5.56 Å². The average Bonchev–Trinajstić information content (AvgIpc) is 2.29. The van der Waals surface area contributed by atoms with E-state index in [0.29, 0.717) is 5.69 Å². The topological polar surface area (TPSA) is 81.6 Å². The van der Waals surface area contributed by atoms with Gasteiger partial charge in [-0.05, 0) is 19.1 Å². The van der Waals surface area contributed by atoms with Gasteiger partial charge in [0.05, 0.1) is 12.7 Å². The number of carbonyl (C=O) groups is 1. The Morgan fingerprint density at radius 2 is 2.00 bits per heavy atom. The van der Waals surface area contributed by atoms with Crippen LogP contribution in [-0.4, -0.2) is 35.5 Å². The number of hydrogen-bond donors (Lipinski definition) is 4. The molecule has 0 heterocycles. The van der Waals surface area contributed by atoms with Gasteiger partial charge < -0.3 is 20.8 Å². The Balaban J connectivity index is 2.37. The van der Waals surface area contributed by atoms with Crippen LogP contribution in [0.15, 0.2) is 24.3 Å². The van der Waals surface area contributed by atoms with E-state index in [1.807, 2.05) is 19.1 Å². The van der Waals surface area contributed by atoms with Crippen LogP contribution in [0.1, 0.15) is 5.56 Å². The van der Waals surface area contributed by atoms with Gasteiger partial charge >= 0.3 is 6.03 Å². The monoisotopic (exact) mass is 224 g/mol. The van der Waals surface area contributed by atoms with Crippen molar-refractivity contribution in [3.8, 4) is 0 Å². The van der Waals surface area contributed by atoms with Crippen molar-refractivity contribution in [2.24, 2.45) is 0 Å². The molecule has 0 aliphatic rings. The Morgan fingerprint density at radius 1 is 1.38 bits per heavy atom. The van der Waals surface area contributed by atoms with Crippen molar-refractivity contribution in [3.63, 3.8) is 0 Å². The van der Waals surface area contributed by atoms with Crippen LogP contribution >= 0.6 is 0 Å². The lowest BCUT2D eigenvalue weighted by molar-refractivity contribution is 0.0965. The number of aryl methyl sites for hydroxylation is 1. The SMILES string of the molecule is Cc1ccc(NC(=O)NCC(O)CO)cc1. The fraction of sp³-hybridized carbons (Fsp3) is 0.364. The molecule has 16 heavy (non-hydrogen) atoms. The Labute approximate surface area is 94.1 Å². The van der Waals surface area contributed by atoms with Crippen molar-refractivity contribution in [2.75, 3.05) is 18.5 Å². The van der Waals surface area contributed by atoms with E-state index < -0.39 is 12.1 Å². The summed E-state index contributed by atoms with van der Waals surface area (Å²) in [7, 11) is 0. The molecule has 0 radical (unpaired) electrons. The molecule has 1 aromatic rings. The Morgan fingerprint density at radius 3 is 2.56 bits per heavy atom. The predicted octanol–water partition coefficient (Wildman–Crippen LogP) is 0.470. The minimum absolute atomic E-state index is 0.0220. The lowest BCUT2D eigenvalue weighted by atomic mass is 10.2. The van der Waals surface area contributed by atoms with Crippen LogP contribution in [0, 0.1) is 6.92 Å². The van der Waals surface area contributed by atoms with Crippen LogP contribution in [0.25, 0.3) is 0 Å². The molecule has 0 fully saturated rings. The third kappa shape index (κ3) is 4.29. The van der Waals surface area contributed by atoms with Gasteiger partial charge in [-0.3, -0.25) is 0 Å². The number of anilines is 1. The summed E-state index contributed by atoms with van der Waals surface area (Å²) < 4.78 is 0. The molecule has 0 bridgehead atoms. The fourth-order valence-electron chi connectivity index (χ4n) is 1.09. The predicted molar refractivity (Wildman–Crippen MR) is 61.3 cm³/mol. The summed E-state index contributed by atoms with van der Waals surface area (Å²) in [5.74, 6) is 0. The number of aliphatic hydroxyl groups is 2. The lowest BCUT2D eigenvalue weighted by Gasteiger charge is -2.10. The first kappa shape index (κ1) is 12.5. The van der Waals surface area contributed by atoms with Crippen LogP contribution < -0.4 is 10.6 Å². The van der Waals surface area contributed by atoms with E-state index in [-0.39, 0.29) is 13.2 Å². The summed E-state index contributed by atoms with van der Waals surface area (Å²) >= 11 is 0. The molecule has 88 valence electrons. The third-order valence-electron chi connectivity index (χ3n) is 2.02. The molecule has 5 nitrogen and oxygen atoms in total. The van der Waals surface area contributed by atoms with Crippen LogP contribution in [0.3, 0.4) is 0 Å². The molecule has 1 aromatic carbocycles. The molecule has 1 unspecified atom stereocenters. The molecule has 5 heteroatoms. The number of carbonyl (C=O) groups excluding carboxylic acids is 1. The summed E-state index contributed by atoms with van der Waals surface area (Å²) in [5, 5.41) is 22.6. The molecule has 0 saturated heterocycles. The molecule has 0 aliphatic heterocycles. The molecule has 1 atom stereocenters. The maximum atomic E-state index is 11.3. The molecular formula is C11H16N2O3. The Hall–Kier alpha value is -1.59. The van der Waals surface area contributed by atoms with E-state index in [2.05, 4.69) is 10.6 Å². The van der Waals surface area contributed by atoms with Gasteiger partial charge in [-0.25, -0.2) is 4.79 Å². The maximum absolute atomic E-state index is 11.3. The average molecular weight is 224 g/mol. The first-order valence-electron chi connectivity index (χ1n) is 5.02. The van der Waals surface area contributed by atoms with Crippen molar-refractivity contribution in [1.29, 1.82) is 0 Å². The second-order valence-electron chi connectivity index (χ2n) is 3.54. The first-order valence-corrected chi connectivity index (χ1v) is 5.02. The zero-order valence-corrected chi connectivity index (χ0v) is 9.10. The number of rotatable bonds is 4. The first-order chi connectivity index (χ1) is 7.61. The van der Waals surface area contributed by atoms with E-state index in [1.54, 1.807) is 12.1 Å². The van der Waals surface area contributed by atoms with Crippen molar-refractivity contribution in [2.45, 2.75) is 13.0 Å². The van der Waals surface area contributed by atoms with Gasteiger partial charge in [0.2, 0.25) is 0 Å². The standard InChI is InChI=1S/C11H16N2O3/c1-8-2-4-9(5-3-8)13-11(16)12-6-10(15)7-14/h2-5,10,14-15H,6-7H2,1H3,(H2,12,13,16). The summed E-state index contributed by atoms with van der Waals surface area (Å²) in [5.41, 5.74) is 1.79. The molecule has 2 amide bonds. The smallest absolute Gasteiger partial charge is 0.319 e. The minimum atomic E-state index is -0.927. The second-order valence-corrected chi connectivity index (χ2v) is 3.54. The molecule has 0 aromatic heterocycles. The van der Waals surface area contributed by atoms with Gasteiger partial charge in [-0.1, -0.05) is 17.7 Å². The molecule has 0 aliphatic carbocycles. The Kier molecular flexibility index (Phi) is 4.75. The van der Waals surface area contributed by atoms with Gasteiger partial charge in [-0.15, -0.1) is 0 Å². The van der Waals surface area contributed by atoms with Gasteiger partial charge in [0.25, 0.3) is 0 Å². The van der Waals surface area contributed by atoms with E-state index in [4.69, 9.17) is 10.2 Å². The van der Waals surface area contributed by atoms with Crippen LogP contribution in [-0.2, 0) is 0 Å². The second kappa shape index (κ2) is 6.09. The molecule has 0 spiro atoms. The van der Waals surface area contributed by atoms with Crippen LogP contribution in [0.2, 0.25) is 0 Å². The number of benzene rings is 1. The Bertz CT molecular complexity index is 338. The molecule has 1 rings (SSSR count). The number of aliphatic hydroxyl groups excluding tert-OH is 2.